The summed E-state index contributed by atoms with van der Waals surface area (Å²) in [6.45, 7) is 4.31. The lowest BCUT2D eigenvalue weighted by Gasteiger charge is -2.15. The van der Waals surface area contributed by atoms with E-state index in [0.29, 0.717) is 18.2 Å². The van der Waals surface area contributed by atoms with Crippen LogP contribution in [0.5, 0.6) is 0 Å². The van der Waals surface area contributed by atoms with Crippen molar-refractivity contribution in [1.82, 2.24) is 14.7 Å². The lowest BCUT2D eigenvalue weighted by Crippen LogP contribution is -2.30. The minimum Gasteiger partial charge on any atom is -0.337 e. The van der Waals surface area contributed by atoms with Crippen molar-refractivity contribution >= 4 is 18.3 Å². The molecule has 1 aliphatic carbocycles. The Bertz CT molecular complexity index is 786. The summed E-state index contributed by atoms with van der Waals surface area (Å²) < 4.78 is 2.00. The molecule has 0 radical (unpaired) electrons. The van der Waals surface area contributed by atoms with E-state index in [9.17, 15) is 4.79 Å². The van der Waals surface area contributed by atoms with E-state index in [1.165, 1.54) is 11.3 Å². The smallest absolute Gasteiger partial charge is 0.274 e. The first-order valence-corrected chi connectivity index (χ1v) is 8.85. The number of carbonyl (C=O) groups is 1. The van der Waals surface area contributed by atoms with Gasteiger partial charge in [-0.3, -0.25) is 4.79 Å². The van der Waals surface area contributed by atoms with Crippen molar-refractivity contribution in [3.63, 3.8) is 0 Å². The molecule has 2 N–H and O–H groups in total. The van der Waals surface area contributed by atoms with Gasteiger partial charge in [0.25, 0.3) is 5.91 Å². The van der Waals surface area contributed by atoms with Gasteiger partial charge in [0, 0.05) is 24.3 Å². The van der Waals surface area contributed by atoms with Gasteiger partial charge in [0.15, 0.2) is 5.69 Å². The lowest BCUT2D eigenvalue weighted by molar-refractivity contribution is 0.0780. The molecule has 1 amide bonds. The molecule has 1 saturated heterocycles. The molecular formula is C19H25ClN4O. The number of aryl methyl sites for hydroxylation is 1. The number of para-hydroxylation sites is 1. The van der Waals surface area contributed by atoms with E-state index in [2.05, 4.69) is 19.1 Å². The van der Waals surface area contributed by atoms with Gasteiger partial charge in [0.05, 0.1) is 5.69 Å². The molecule has 1 unspecified atom stereocenters. The van der Waals surface area contributed by atoms with Gasteiger partial charge < -0.3 is 10.6 Å². The first-order chi connectivity index (χ1) is 11.7. The Kier molecular flexibility index (Phi) is 5.16. The molecule has 25 heavy (non-hydrogen) atoms. The second kappa shape index (κ2) is 7.18. The number of carbonyl (C=O) groups excluding carboxylic acids is 1. The third kappa shape index (κ3) is 3.07. The highest BCUT2D eigenvalue weighted by Crippen LogP contribution is 2.30. The molecule has 0 bridgehead atoms. The highest BCUT2D eigenvalue weighted by Gasteiger charge is 2.32. The summed E-state index contributed by atoms with van der Waals surface area (Å²) in [5.41, 5.74) is 11.0. The maximum atomic E-state index is 13.0. The van der Waals surface area contributed by atoms with Gasteiger partial charge in [-0.25, -0.2) is 4.68 Å². The van der Waals surface area contributed by atoms with Crippen molar-refractivity contribution in [2.45, 2.75) is 32.6 Å². The summed E-state index contributed by atoms with van der Waals surface area (Å²) in [5, 5.41) is 4.75. The molecule has 2 aromatic rings. The molecule has 2 heterocycles. The number of amides is 1. The highest BCUT2D eigenvalue weighted by atomic mass is 35.5. The van der Waals surface area contributed by atoms with E-state index in [4.69, 9.17) is 10.8 Å². The van der Waals surface area contributed by atoms with Crippen LogP contribution in [0.1, 0.15) is 40.2 Å². The van der Waals surface area contributed by atoms with Crippen LogP contribution < -0.4 is 5.73 Å². The van der Waals surface area contributed by atoms with Gasteiger partial charge in [0.1, 0.15) is 0 Å². The Balaban J connectivity index is 0.00000182. The molecule has 6 heteroatoms. The van der Waals surface area contributed by atoms with Gasteiger partial charge in [-0.05, 0) is 56.7 Å². The SMILES string of the molecule is Cc1ccccc1-n1nc(C(=O)N2CCC(CN)C2)c2c1CCC2.Cl. The number of nitrogens with zero attached hydrogens (tertiary/aromatic N) is 3. The number of fused-ring (bicyclic) bond motifs is 1. The number of hydrogen-bond acceptors (Lipinski definition) is 3. The zero-order valence-corrected chi connectivity index (χ0v) is 15.4. The Labute approximate surface area is 154 Å². The Hall–Kier alpha value is -1.85. The topological polar surface area (TPSA) is 64.2 Å². The van der Waals surface area contributed by atoms with Crippen LogP contribution in [-0.4, -0.2) is 40.2 Å². The van der Waals surface area contributed by atoms with Crippen molar-refractivity contribution in [1.29, 1.82) is 0 Å². The van der Waals surface area contributed by atoms with Crippen LogP contribution in [0.25, 0.3) is 5.69 Å². The van der Waals surface area contributed by atoms with Gasteiger partial charge in [-0.2, -0.15) is 5.10 Å². The molecule has 5 nitrogen and oxygen atoms in total. The summed E-state index contributed by atoms with van der Waals surface area (Å²) in [5.74, 6) is 0.511. The molecule has 1 aromatic heterocycles. The fraction of sp³-hybridized carbons (Fsp3) is 0.474. The maximum Gasteiger partial charge on any atom is 0.274 e. The van der Waals surface area contributed by atoms with Gasteiger partial charge in [-0.15, -0.1) is 12.4 Å². The van der Waals surface area contributed by atoms with Crippen LogP contribution in [0, 0.1) is 12.8 Å². The van der Waals surface area contributed by atoms with Crippen molar-refractivity contribution in [2.75, 3.05) is 19.6 Å². The monoisotopic (exact) mass is 360 g/mol. The fourth-order valence-corrected chi connectivity index (χ4v) is 3.97. The largest absolute Gasteiger partial charge is 0.337 e. The number of halogens is 1. The number of hydrogen-bond donors (Lipinski definition) is 1. The molecule has 1 atom stereocenters. The first kappa shape index (κ1) is 18.0. The molecule has 0 spiro atoms. The molecule has 134 valence electrons. The quantitative estimate of drug-likeness (QED) is 0.914. The summed E-state index contributed by atoms with van der Waals surface area (Å²) in [6.07, 6.45) is 4.06. The second-order valence-corrected chi connectivity index (χ2v) is 6.97. The van der Waals surface area contributed by atoms with Gasteiger partial charge in [0.2, 0.25) is 0 Å². The fourth-order valence-electron chi connectivity index (χ4n) is 3.97. The maximum absolute atomic E-state index is 13.0. The average Bonchev–Trinajstić information content (AvgIpc) is 3.31. The molecule has 2 aliphatic rings. The Morgan fingerprint density at radius 2 is 2.12 bits per heavy atom. The lowest BCUT2D eigenvalue weighted by atomic mass is 10.1. The summed E-state index contributed by atoms with van der Waals surface area (Å²) in [7, 11) is 0. The van der Waals surface area contributed by atoms with Crippen LogP contribution in [0.3, 0.4) is 0 Å². The van der Waals surface area contributed by atoms with E-state index >= 15 is 0 Å². The van der Waals surface area contributed by atoms with Crippen LogP contribution >= 0.6 is 12.4 Å². The molecule has 1 aromatic carbocycles. The van der Waals surface area contributed by atoms with E-state index < -0.39 is 0 Å². The third-order valence-corrected chi connectivity index (χ3v) is 5.38. The van der Waals surface area contributed by atoms with E-state index in [-0.39, 0.29) is 18.3 Å². The van der Waals surface area contributed by atoms with Crippen LogP contribution in [0.15, 0.2) is 24.3 Å². The number of likely N-dealkylation sites (tertiary alicyclic amines) is 1. The first-order valence-electron chi connectivity index (χ1n) is 8.85. The van der Waals surface area contributed by atoms with Crippen molar-refractivity contribution in [3.8, 4) is 5.69 Å². The normalized spacial score (nSPS) is 19.0. The minimum absolute atomic E-state index is 0. The predicted octanol–water partition coefficient (Wildman–Crippen LogP) is 2.51. The minimum atomic E-state index is 0. The van der Waals surface area contributed by atoms with Crippen LogP contribution in [-0.2, 0) is 12.8 Å². The molecular weight excluding hydrogens is 336 g/mol. The number of aromatic nitrogens is 2. The molecule has 0 saturated carbocycles. The van der Waals surface area contributed by atoms with E-state index in [0.717, 1.165) is 50.0 Å². The average molecular weight is 361 g/mol. The van der Waals surface area contributed by atoms with Gasteiger partial charge >= 0.3 is 0 Å². The summed E-state index contributed by atoms with van der Waals surface area (Å²) in [4.78, 5) is 14.9. The number of benzene rings is 1. The van der Waals surface area contributed by atoms with Crippen molar-refractivity contribution in [2.24, 2.45) is 11.7 Å². The standard InChI is InChI=1S/C19H24N4O.ClH/c1-13-5-2-3-7-16(13)23-17-8-4-6-15(17)18(21-23)19(24)22-10-9-14(11-20)12-22;/h2-3,5,7,14H,4,6,8-12,20H2,1H3;1H. The third-order valence-electron chi connectivity index (χ3n) is 5.38. The Morgan fingerprint density at radius 1 is 1.32 bits per heavy atom. The summed E-state index contributed by atoms with van der Waals surface area (Å²) >= 11 is 0. The second-order valence-electron chi connectivity index (χ2n) is 6.97. The van der Waals surface area contributed by atoms with E-state index in [1.807, 2.05) is 21.7 Å². The molecule has 1 aliphatic heterocycles. The zero-order valence-electron chi connectivity index (χ0n) is 14.6. The number of rotatable bonds is 3. The zero-order chi connectivity index (χ0) is 16.7. The van der Waals surface area contributed by atoms with Crippen molar-refractivity contribution in [3.05, 3.63) is 46.8 Å². The number of nitrogens with two attached hydrogens (primary N) is 1. The predicted molar refractivity (Wildman–Crippen MR) is 101 cm³/mol. The summed E-state index contributed by atoms with van der Waals surface area (Å²) in [6, 6.07) is 8.23. The van der Waals surface area contributed by atoms with Crippen molar-refractivity contribution < 1.29 is 4.79 Å². The Morgan fingerprint density at radius 3 is 2.84 bits per heavy atom. The highest BCUT2D eigenvalue weighted by molar-refractivity contribution is 5.94. The van der Waals surface area contributed by atoms with Gasteiger partial charge in [-0.1, -0.05) is 18.2 Å². The van der Waals surface area contributed by atoms with E-state index in [1.54, 1.807) is 0 Å². The molecule has 1 fully saturated rings. The van der Waals surface area contributed by atoms with Crippen LogP contribution in [0.2, 0.25) is 0 Å². The molecule has 4 rings (SSSR count). The van der Waals surface area contributed by atoms with Crippen LogP contribution in [0.4, 0.5) is 0 Å².